The quantitative estimate of drug-likeness (QED) is 0.0277. The maximum atomic E-state index is 13.3. The van der Waals surface area contributed by atoms with Gasteiger partial charge in [0.15, 0.2) is 5.82 Å². The zero-order valence-corrected chi connectivity index (χ0v) is 61.9. The predicted octanol–water partition coefficient (Wildman–Crippen LogP) is 19.2. The molecule has 0 unspecified atom stereocenters. The van der Waals surface area contributed by atoms with Gasteiger partial charge in [-0.1, -0.05) is 169 Å². The normalized spacial score (nSPS) is 12.1. The van der Waals surface area contributed by atoms with Crippen LogP contribution in [-0.2, 0) is 42.9 Å². The minimum atomic E-state index is -5.03. The summed E-state index contributed by atoms with van der Waals surface area (Å²) >= 11 is 0. The van der Waals surface area contributed by atoms with Gasteiger partial charge in [-0.25, -0.2) is 14.4 Å². The van der Waals surface area contributed by atoms with Crippen molar-refractivity contribution >= 4 is 35.9 Å². The van der Waals surface area contributed by atoms with Crippen LogP contribution in [0.25, 0.3) is 0 Å². The number of urea groups is 3. The van der Waals surface area contributed by atoms with Gasteiger partial charge in [0.1, 0.15) is 40.3 Å². The molecule has 630 valence electrons. The molecular weight excluding hydrogens is 1630 g/mol. The van der Waals surface area contributed by atoms with Gasteiger partial charge in [-0.2, -0.15) is 10.1 Å². The van der Waals surface area contributed by atoms with Crippen molar-refractivity contribution in [3.05, 3.63) is 311 Å². The van der Waals surface area contributed by atoms with E-state index in [9.17, 15) is 93.4 Å². The fraction of sp³-hybridized carbons (Fsp3) is 0.190. The van der Waals surface area contributed by atoms with Crippen molar-refractivity contribution in [2.75, 3.05) is 16.0 Å². The molecule has 3 heterocycles. The minimum Gasteiger partial charge on any atom is -0.408 e. The molecule has 6 amide bonds. The Morgan fingerprint density at radius 1 is 0.367 bits per heavy atom. The van der Waals surface area contributed by atoms with Gasteiger partial charge in [-0.3, -0.25) is 25.7 Å². The summed E-state index contributed by atoms with van der Waals surface area (Å²) < 4.78 is 266. The molecule has 0 bridgehead atoms. The van der Waals surface area contributed by atoms with Crippen LogP contribution in [0.3, 0.4) is 0 Å². The van der Waals surface area contributed by atoms with E-state index in [0.29, 0.717) is 22.5 Å². The first-order valence-electron chi connectivity index (χ1n) is 34.7. The molecule has 120 heavy (non-hydrogen) atoms. The van der Waals surface area contributed by atoms with Crippen molar-refractivity contribution in [3.8, 4) is 34.5 Å². The number of amides is 6. The average molecular weight is 1700 g/mol. The van der Waals surface area contributed by atoms with E-state index in [1.54, 1.807) is 111 Å². The molecular formula is C79H63F18N13O10. The number of benzene rings is 9. The molecule has 0 aliphatic rings. The average Bonchev–Trinajstić information content (AvgIpc) is 0.814. The Balaban J connectivity index is 0.000000189. The molecule has 41 heteroatoms. The predicted molar refractivity (Wildman–Crippen MR) is 391 cm³/mol. The highest BCUT2D eigenvalue weighted by Crippen LogP contribution is 2.43. The Bertz CT molecular complexity index is 4720. The third kappa shape index (κ3) is 26.2. The number of alkyl halides is 18. The third-order valence-electron chi connectivity index (χ3n) is 16.8. The summed E-state index contributed by atoms with van der Waals surface area (Å²) in [5.41, 5.74) is -2.98. The van der Waals surface area contributed by atoms with Crippen LogP contribution in [0, 0.1) is 13.8 Å². The van der Waals surface area contributed by atoms with Crippen molar-refractivity contribution in [3.63, 3.8) is 0 Å². The number of aryl methyl sites for hydroxylation is 3. The molecule has 0 fully saturated rings. The van der Waals surface area contributed by atoms with E-state index in [4.69, 9.17) is 4.42 Å². The maximum absolute atomic E-state index is 13.3. The molecule has 0 aliphatic heterocycles. The zero-order chi connectivity index (χ0) is 86.9. The van der Waals surface area contributed by atoms with Crippen LogP contribution in [0.5, 0.6) is 34.5 Å². The second-order valence-electron chi connectivity index (χ2n) is 25.6. The van der Waals surface area contributed by atoms with Crippen LogP contribution in [0.4, 0.5) is 111 Å². The Morgan fingerprint density at radius 3 is 0.892 bits per heavy atom. The van der Waals surface area contributed by atoms with Crippen molar-refractivity contribution in [2.45, 2.75) is 87.9 Å². The number of nitrogens with zero attached hydrogens (tertiary/aromatic N) is 6. The zero-order valence-electron chi connectivity index (χ0n) is 61.9. The molecule has 0 spiro atoms. The van der Waals surface area contributed by atoms with E-state index in [1.807, 2.05) is 0 Å². The molecule has 0 aliphatic carbocycles. The molecule has 0 saturated carbocycles. The highest BCUT2D eigenvalue weighted by molar-refractivity contribution is 5.90. The summed E-state index contributed by atoms with van der Waals surface area (Å²) in [6.07, 6.45) is -28.8. The number of nitrogens with one attached hydrogen (secondary N) is 7. The smallest absolute Gasteiger partial charge is 0.408 e. The molecule has 23 nitrogen and oxygen atoms in total. The van der Waals surface area contributed by atoms with Crippen LogP contribution < -0.4 is 60.3 Å². The molecule has 0 saturated heterocycles. The first-order chi connectivity index (χ1) is 56.4. The molecule has 0 radical (unpaired) electrons. The fourth-order valence-corrected chi connectivity index (χ4v) is 12.4. The van der Waals surface area contributed by atoms with Gasteiger partial charge in [0.2, 0.25) is 11.8 Å². The van der Waals surface area contributed by atoms with Gasteiger partial charge in [-0.15, -0.1) is 89.2 Å². The number of ether oxygens (including phenoxy) is 6. The van der Waals surface area contributed by atoms with Crippen LogP contribution in [0.15, 0.2) is 253 Å². The number of rotatable bonds is 24. The fourth-order valence-electron chi connectivity index (χ4n) is 12.4. The summed E-state index contributed by atoms with van der Waals surface area (Å²) in [5.74, 6) is -3.01. The molecule has 3 aromatic heterocycles. The highest BCUT2D eigenvalue weighted by atomic mass is 19.4. The molecule has 12 aromatic rings. The largest absolute Gasteiger partial charge is 0.573 e. The van der Waals surface area contributed by atoms with Gasteiger partial charge in [0.25, 0.3) is 0 Å². The minimum absolute atomic E-state index is 0.0547. The first-order valence-corrected chi connectivity index (χ1v) is 34.7. The summed E-state index contributed by atoms with van der Waals surface area (Å²) in [7, 11) is 1.63. The van der Waals surface area contributed by atoms with E-state index in [2.05, 4.69) is 90.8 Å². The highest BCUT2D eigenvalue weighted by Gasteiger charge is 2.44. The summed E-state index contributed by atoms with van der Waals surface area (Å²) in [5, 5.41) is 33.2. The van der Waals surface area contributed by atoms with Crippen molar-refractivity contribution in [1.82, 2.24) is 51.1 Å². The number of halogens is 18. The number of hydrogen-bond acceptors (Lipinski definition) is 15. The summed E-state index contributed by atoms with van der Waals surface area (Å²) in [6.45, 7) is 3.07. The van der Waals surface area contributed by atoms with E-state index in [0.717, 1.165) is 72.8 Å². The Hall–Kier alpha value is -14.2. The van der Waals surface area contributed by atoms with Crippen LogP contribution >= 0.6 is 0 Å². The monoisotopic (exact) mass is 1700 g/mol. The van der Waals surface area contributed by atoms with Crippen LogP contribution in [-0.4, -0.2) is 91.4 Å². The number of carbonyl (C=O) groups is 3. The Labute approximate surface area is 667 Å². The van der Waals surface area contributed by atoms with Crippen LogP contribution in [0.1, 0.15) is 61.8 Å². The lowest BCUT2D eigenvalue weighted by Crippen LogP contribution is -2.50. The number of aromatic amines is 1. The lowest BCUT2D eigenvalue weighted by molar-refractivity contribution is -0.275. The van der Waals surface area contributed by atoms with E-state index in [1.165, 1.54) is 90.5 Å². The maximum Gasteiger partial charge on any atom is 0.573 e. The standard InChI is InChI=1S/C27H22F6N4O3.C26H21F6N5O3.C26H20F6N4O4/c1-37-14-13-23(36-37)34-24(38)35-25(17-18-7-3-2-4-8-18,19-9-5-11-21(15-19)39-26(28,29)30)20-10-6-12-22(16-20)40-27(31,32)33;1-16-33-22(37-36-16)34-23(38)35-24(15-17-7-3-2-4-8-17,18-9-5-11-20(13-18)39-25(27,28)29)19-10-6-12-21(14-19)40-26(30,31)32;1-16-35-36-23(38-16)33-22(37)34-24(15-17-7-3-2-4-8-17,18-9-5-11-20(13-18)39-25(27,28)29)19-10-6-12-21(14-19)40-26(30,31)32/h2-16H,17H2,1H3,(H2,34,35,36,38);2-14H,15H2,1H3,(H3,33,34,35,36,37,38);2-14H,15H2,1H3,(H2,33,34,36,37). The second kappa shape index (κ2) is 37.0. The lowest BCUT2D eigenvalue weighted by Gasteiger charge is -2.37. The van der Waals surface area contributed by atoms with Crippen molar-refractivity contribution in [1.29, 1.82) is 0 Å². The van der Waals surface area contributed by atoms with Crippen molar-refractivity contribution in [2.24, 2.45) is 7.05 Å². The summed E-state index contributed by atoms with van der Waals surface area (Å²) in [4.78, 5) is 43.8. The molecule has 9 aromatic carbocycles. The first kappa shape index (κ1) is 88.2. The van der Waals surface area contributed by atoms with E-state index < -0.39 is 107 Å². The van der Waals surface area contributed by atoms with Crippen molar-refractivity contribution < 1.29 is 126 Å². The SMILES string of the molecule is Cc1nc(NC(=O)NC(Cc2ccccc2)(c2cccc(OC(F)(F)F)c2)c2cccc(OC(F)(F)F)c2)n[nH]1.Cc1nnc(NC(=O)NC(Cc2ccccc2)(c2cccc(OC(F)(F)F)c2)c2cccc(OC(F)(F)F)c2)o1.Cn1ccc(NC(=O)NC(Cc2ccccc2)(c2cccc(OC(F)(F)F)c2)c2cccc(OC(F)(F)F)c2)n1. The van der Waals surface area contributed by atoms with Gasteiger partial charge < -0.3 is 48.8 Å². The van der Waals surface area contributed by atoms with Gasteiger partial charge >= 0.3 is 62.3 Å². The topological polar surface area (TPSA) is 277 Å². The number of carbonyl (C=O) groups excluding carboxylic acids is 3. The third-order valence-corrected chi connectivity index (χ3v) is 16.8. The van der Waals surface area contributed by atoms with E-state index >= 15 is 0 Å². The van der Waals surface area contributed by atoms with Gasteiger partial charge in [0.05, 0.1) is 16.6 Å². The number of hydrogen-bond donors (Lipinski definition) is 7. The lowest BCUT2D eigenvalue weighted by atomic mass is 9.77. The Kier molecular flexibility index (Phi) is 27.2. The van der Waals surface area contributed by atoms with Gasteiger partial charge in [-0.05, 0) is 130 Å². The van der Waals surface area contributed by atoms with Crippen LogP contribution in [0.2, 0.25) is 0 Å². The summed E-state index contributed by atoms with van der Waals surface area (Å²) in [6, 6.07) is 52.9. The second-order valence-corrected chi connectivity index (χ2v) is 25.6. The molecule has 12 rings (SSSR count). The molecule has 0 atom stereocenters. The Morgan fingerprint density at radius 2 is 0.650 bits per heavy atom. The number of H-pyrrole nitrogens is 1. The van der Waals surface area contributed by atoms with Gasteiger partial charge in [0, 0.05) is 45.5 Å². The van der Waals surface area contributed by atoms with E-state index in [-0.39, 0.29) is 76.3 Å². The molecule has 7 N–H and O–H groups in total. The number of anilines is 3. The number of aromatic nitrogens is 7.